The fourth-order valence-electron chi connectivity index (χ4n) is 3.69. The minimum absolute atomic E-state index is 0.0156. The summed E-state index contributed by atoms with van der Waals surface area (Å²) < 4.78 is 0. The maximum absolute atomic E-state index is 11.6. The minimum atomic E-state index is -0.877. The largest absolute Gasteiger partial charge is 0.480 e. The van der Waals surface area contributed by atoms with Gasteiger partial charge in [-0.05, 0) is 30.1 Å². The number of carbonyl (C=O) groups is 1. The number of aliphatic carboxylic acids is 1. The summed E-state index contributed by atoms with van der Waals surface area (Å²) in [6.45, 7) is 8.82. The van der Waals surface area contributed by atoms with Crippen LogP contribution >= 0.6 is 0 Å². The van der Waals surface area contributed by atoms with Crippen LogP contribution in [0.2, 0.25) is 0 Å². The lowest BCUT2D eigenvalue weighted by atomic mass is 9.58. The molecule has 2 N–H and O–H groups in total. The topological polar surface area (TPSA) is 49.3 Å². The molecule has 1 rings (SSSR count). The highest BCUT2D eigenvalue weighted by Gasteiger charge is 2.51. The Morgan fingerprint density at radius 2 is 1.71 bits per heavy atom. The van der Waals surface area contributed by atoms with Crippen molar-refractivity contribution in [2.75, 3.05) is 6.54 Å². The van der Waals surface area contributed by atoms with Gasteiger partial charge in [0.05, 0.1) is 6.54 Å². The number of nitrogens with one attached hydrogen (secondary N) is 1. The fraction of sp³-hybridized carbons (Fsp3) is 0.786. The molecule has 0 aromatic carbocycles. The Morgan fingerprint density at radius 3 is 2.06 bits per heavy atom. The van der Waals surface area contributed by atoms with Gasteiger partial charge in [0.25, 0.3) is 0 Å². The molecule has 0 aromatic heterocycles. The van der Waals surface area contributed by atoms with Crippen molar-refractivity contribution in [2.24, 2.45) is 10.8 Å². The zero-order valence-corrected chi connectivity index (χ0v) is 11.3. The molecule has 0 saturated heterocycles. The van der Waals surface area contributed by atoms with Crippen LogP contribution in [0.5, 0.6) is 0 Å². The number of rotatable bonds is 3. The average molecular weight is 237 g/mol. The van der Waals surface area contributed by atoms with Crippen LogP contribution in [0.25, 0.3) is 0 Å². The van der Waals surface area contributed by atoms with Gasteiger partial charge in [-0.1, -0.05) is 33.6 Å². The normalized spacial score (nSPS) is 24.9. The van der Waals surface area contributed by atoms with Gasteiger partial charge < -0.3 is 5.11 Å². The Labute approximate surface area is 104 Å². The van der Waals surface area contributed by atoms with Gasteiger partial charge in [0.2, 0.25) is 0 Å². The quantitative estimate of drug-likeness (QED) is 0.740. The number of terminal acetylenes is 1. The summed E-state index contributed by atoms with van der Waals surface area (Å²) in [5, 5.41) is 12.6. The Hall–Kier alpha value is -1.01. The maximum Gasteiger partial charge on any atom is 0.323 e. The van der Waals surface area contributed by atoms with E-state index < -0.39 is 11.5 Å². The molecule has 0 radical (unpaired) electrons. The molecule has 0 amide bonds. The molecule has 3 heteroatoms. The van der Waals surface area contributed by atoms with Crippen LogP contribution in [0.4, 0.5) is 0 Å². The molecule has 0 heterocycles. The lowest BCUT2D eigenvalue weighted by molar-refractivity contribution is -0.151. The number of carboxylic acids is 1. The molecule has 96 valence electrons. The van der Waals surface area contributed by atoms with Crippen LogP contribution in [-0.4, -0.2) is 23.2 Å². The number of carboxylic acid groups (broad SMARTS) is 1. The highest BCUT2D eigenvalue weighted by Crippen LogP contribution is 2.50. The van der Waals surface area contributed by atoms with E-state index in [0.717, 1.165) is 6.42 Å². The van der Waals surface area contributed by atoms with Crippen molar-refractivity contribution in [3.8, 4) is 12.3 Å². The second kappa shape index (κ2) is 4.34. The number of hydrogen-bond donors (Lipinski definition) is 2. The van der Waals surface area contributed by atoms with Gasteiger partial charge in [-0.25, -0.2) is 0 Å². The lowest BCUT2D eigenvalue weighted by Crippen LogP contribution is -2.60. The highest BCUT2D eigenvalue weighted by molar-refractivity contribution is 5.79. The van der Waals surface area contributed by atoms with Gasteiger partial charge in [0.15, 0.2) is 0 Å². The maximum atomic E-state index is 11.6. The van der Waals surface area contributed by atoms with E-state index in [1.165, 1.54) is 0 Å². The first-order valence-electron chi connectivity index (χ1n) is 6.04. The molecule has 1 aliphatic rings. The second-order valence-electron chi connectivity index (χ2n) is 6.80. The van der Waals surface area contributed by atoms with Crippen molar-refractivity contribution in [1.29, 1.82) is 0 Å². The van der Waals surface area contributed by atoms with Crippen LogP contribution in [0.15, 0.2) is 0 Å². The second-order valence-corrected chi connectivity index (χ2v) is 6.80. The third kappa shape index (κ3) is 3.23. The molecule has 0 bridgehead atoms. The monoisotopic (exact) mass is 237 g/mol. The zero-order chi connectivity index (χ0) is 13.3. The van der Waals surface area contributed by atoms with E-state index in [1.807, 2.05) is 0 Å². The number of hydrogen-bond acceptors (Lipinski definition) is 2. The van der Waals surface area contributed by atoms with Crippen LogP contribution in [-0.2, 0) is 4.79 Å². The summed E-state index contributed by atoms with van der Waals surface area (Å²) in [5.41, 5.74) is -0.846. The molecule has 0 aromatic rings. The lowest BCUT2D eigenvalue weighted by Gasteiger charge is -2.50. The average Bonchev–Trinajstić information content (AvgIpc) is 2.09. The Kier molecular flexibility index (Phi) is 3.59. The summed E-state index contributed by atoms with van der Waals surface area (Å²) in [6.07, 6.45) is 7.52. The van der Waals surface area contributed by atoms with Crippen molar-refractivity contribution < 1.29 is 9.90 Å². The summed E-state index contributed by atoms with van der Waals surface area (Å²) in [7, 11) is 0. The fourth-order valence-corrected chi connectivity index (χ4v) is 3.69. The molecule has 1 saturated carbocycles. The third-order valence-corrected chi connectivity index (χ3v) is 3.46. The van der Waals surface area contributed by atoms with Crippen LogP contribution in [0.1, 0.15) is 47.0 Å². The van der Waals surface area contributed by atoms with Crippen LogP contribution in [0, 0.1) is 23.2 Å². The van der Waals surface area contributed by atoms with Gasteiger partial charge in [0, 0.05) is 0 Å². The Morgan fingerprint density at radius 1 is 1.24 bits per heavy atom. The van der Waals surface area contributed by atoms with Crippen LogP contribution in [0.3, 0.4) is 0 Å². The first-order chi connectivity index (χ1) is 7.63. The van der Waals surface area contributed by atoms with E-state index in [1.54, 1.807) is 0 Å². The van der Waals surface area contributed by atoms with E-state index in [-0.39, 0.29) is 10.8 Å². The molecular weight excluding hydrogens is 214 g/mol. The third-order valence-electron chi connectivity index (χ3n) is 3.46. The van der Waals surface area contributed by atoms with E-state index in [2.05, 4.69) is 38.9 Å². The van der Waals surface area contributed by atoms with Gasteiger partial charge in [0.1, 0.15) is 5.54 Å². The van der Waals surface area contributed by atoms with Gasteiger partial charge in [-0.15, -0.1) is 6.42 Å². The van der Waals surface area contributed by atoms with Crippen LogP contribution < -0.4 is 5.32 Å². The predicted octanol–water partition coefficient (Wildman–Crippen LogP) is 2.27. The summed E-state index contributed by atoms with van der Waals surface area (Å²) in [5.74, 6) is 1.69. The summed E-state index contributed by atoms with van der Waals surface area (Å²) >= 11 is 0. The molecule has 0 unspecified atom stereocenters. The van der Waals surface area contributed by atoms with Gasteiger partial charge in [-0.2, -0.15) is 0 Å². The minimum Gasteiger partial charge on any atom is -0.480 e. The first kappa shape index (κ1) is 14.1. The van der Waals surface area contributed by atoms with E-state index in [4.69, 9.17) is 6.42 Å². The molecule has 1 fully saturated rings. The van der Waals surface area contributed by atoms with E-state index in [9.17, 15) is 9.90 Å². The Balaban J connectivity index is 3.04. The van der Waals surface area contributed by atoms with E-state index >= 15 is 0 Å². The molecule has 0 spiro atoms. The Bertz CT molecular complexity index is 334. The standard InChI is InChI=1S/C14H23NO2/c1-6-7-15-14(11(16)17)9-12(2,3)8-13(4,5)10-14/h1,15H,7-10H2,2-5H3,(H,16,17). The molecule has 17 heavy (non-hydrogen) atoms. The molecule has 0 atom stereocenters. The van der Waals surface area contributed by atoms with Crippen molar-refractivity contribution in [3.63, 3.8) is 0 Å². The highest BCUT2D eigenvalue weighted by atomic mass is 16.4. The molecule has 1 aliphatic carbocycles. The predicted molar refractivity (Wildman–Crippen MR) is 68.6 cm³/mol. The first-order valence-corrected chi connectivity index (χ1v) is 6.04. The summed E-state index contributed by atoms with van der Waals surface area (Å²) in [6, 6.07) is 0. The molecule has 0 aliphatic heterocycles. The van der Waals surface area contributed by atoms with E-state index in [0.29, 0.717) is 19.4 Å². The van der Waals surface area contributed by atoms with Crippen molar-refractivity contribution in [1.82, 2.24) is 5.32 Å². The zero-order valence-electron chi connectivity index (χ0n) is 11.3. The molecule has 3 nitrogen and oxygen atoms in total. The smallest absolute Gasteiger partial charge is 0.323 e. The van der Waals surface area contributed by atoms with Crippen molar-refractivity contribution in [3.05, 3.63) is 0 Å². The SMILES string of the molecule is C#CCNC1(C(=O)O)CC(C)(C)CC(C)(C)C1. The molecular formula is C14H23NO2. The van der Waals surface area contributed by atoms with Crippen molar-refractivity contribution >= 4 is 5.97 Å². The van der Waals surface area contributed by atoms with Gasteiger partial charge >= 0.3 is 5.97 Å². The summed E-state index contributed by atoms with van der Waals surface area (Å²) in [4.78, 5) is 11.6. The van der Waals surface area contributed by atoms with Gasteiger partial charge in [-0.3, -0.25) is 10.1 Å². The van der Waals surface area contributed by atoms with Crippen molar-refractivity contribution in [2.45, 2.75) is 52.5 Å².